The number of hydrogen-bond donors (Lipinski definition) is 1. The van der Waals surface area contributed by atoms with Crippen LogP contribution in [0.1, 0.15) is 16.1 Å². The van der Waals surface area contributed by atoms with Crippen LogP contribution in [-0.4, -0.2) is 15.9 Å². The standard InChI is InChI=1S/C18H11ClF3N3O/c19-14-2-1-9-23-16(14)11-3-8-15(24-10-11)17(26)25-13-6-4-12(5-7-13)18(20,21)22/h1-10H,(H,25,26). The fraction of sp³-hybridized carbons (Fsp3) is 0.0556. The van der Waals surface area contributed by atoms with Crippen molar-refractivity contribution in [3.63, 3.8) is 0 Å². The lowest BCUT2D eigenvalue weighted by atomic mass is 10.1. The lowest BCUT2D eigenvalue weighted by Gasteiger charge is -2.09. The largest absolute Gasteiger partial charge is 0.416 e. The molecule has 1 amide bonds. The molecule has 0 atom stereocenters. The van der Waals surface area contributed by atoms with Gasteiger partial charge >= 0.3 is 6.18 Å². The maximum absolute atomic E-state index is 12.5. The number of anilines is 1. The van der Waals surface area contributed by atoms with Gasteiger partial charge in [0.05, 0.1) is 16.3 Å². The number of aromatic nitrogens is 2. The Labute approximate surface area is 151 Å². The molecule has 0 bridgehead atoms. The highest BCUT2D eigenvalue weighted by molar-refractivity contribution is 6.33. The molecule has 0 spiro atoms. The van der Waals surface area contributed by atoms with Crippen molar-refractivity contribution in [3.8, 4) is 11.3 Å². The Morgan fingerprint density at radius 1 is 1.00 bits per heavy atom. The molecule has 1 N–H and O–H groups in total. The lowest BCUT2D eigenvalue weighted by Crippen LogP contribution is -2.14. The van der Waals surface area contributed by atoms with Crippen LogP contribution < -0.4 is 5.32 Å². The smallest absolute Gasteiger partial charge is 0.321 e. The fourth-order valence-corrected chi connectivity index (χ4v) is 2.43. The zero-order valence-corrected chi connectivity index (χ0v) is 13.8. The summed E-state index contributed by atoms with van der Waals surface area (Å²) < 4.78 is 37.6. The maximum atomic E-state index is 12.5. The van der Waals surface area contributed by atoms with Gasteiger partial charge in [0.2, 0.25) is 0 Å². The molecule has 8 heteroatoms. The first kappa shape index (κ1) is 17.9. The second-order valence-corrected chi connectivity index (χ2v) is 5.70. The van der Waals surface area contributed by atoms with E-state index in [4.69, 9.17) is 11.6 Å². The van der Waals surface area contributed by atoms with Gasteiger partial charge < -0.3 is 5.32 Å². The van der Waals surface area contributed by atoms with Crippen LogP contribution in [0.3, 0.4) is 0 Å². The van der Waals surface area contributed by atoms with Gasteiger partial charge in [0, 0.05) is 23.6 Å². The summed E-state index contributed by atoms with van der Waals surface area (Å²) >= 11 is 6.06. The zero-order valence-electron chi connectivity index (χ0n) is 13.1. The Kier molecular flexibility index (Phi) is 4.90. The number of carbonyl (C=O) groups excluding carboxylic acids is 1. The van der Waals surface area contributed by atoms with Crippen LogP contribution in [0.15, 0.2) is 60.9 Å². The van der Waals surface area contributed by atoms with E-state index in [1.54, 1.807) is 24.4 Å². The van der Waals surface area contributed by atoms with Gasteiger partial charge in [-0.05, 0) is 48.5 Å². The number of nitrogens with one attached hydrogen (secondary N) is 1. The Morgan fingerprint density at radius 3 is 2.31 bits per heavy atom. The molecule has 132 valence electrons. The molecule has 0 unspecified atom stereocenters. The highest BCUT2D eigenvalue weighted by Gasteiger charge is 2.30. The minimum Gasteiger partial charge on any atom is -0.321 e. The number of carbonyl (C=O) groups is 1. The highest BCUT2D eigenvalue weighted by Crippen LogP contribution is 2.30. The fourth-order valence-electron chi connectivity index (χ4n) is 2.20. The van der Waals surface area contributed by atoms with Gasteiger partial charge in [-0.15, -0.1) is 0 Å². The van der Waals surface area contributed by atoms with E-state index in [-0.39, 0.29) is 11.4 Å². The molecule has 3 rings (SSSR count). The van der Waals surface area contributed by atoms with Gasteiger partial charge in [-0.25, -0.2) is 0 Å². The van der Waals surface area contributed by atoms with Gasteiger partial charge in [-0.2, -0.15) is 13.2 Å². The molecule has 0 aliphatic rings. The molecule has 0 aliphatic carbocycles. The summed E-state index contributed by atoms with van der Waals surface area (Å²) in [4.78, 5) is 20.4. The van der Waals surface area contributed by atoms with Crippen molar-refractivity contribution in [2.24, 2.45) is 0 Å². The van der Waals surface area contributed by atoms with E-state index in [2.05, 4.69) is 15.3 Å². The number of alkyl halides is 3. The third-order valence-corrected chi connectivity index (χ3v) is 3.80. The molecule has 0 radical (unpaired) electrons. The average molecular weight is 378 g/mol. The molecule has 26 heavy (non-hydrogen) atoms. The SMILES string of the molecule is O=C(Nc1ccc(C(F)(F)F)cc1)c1ccc(-c2ncccc2Cl)cn1. The molecule has 2 aromatic heterocycles. The maximum Gasteiger partial charge on any atom is 0.416 e. The van der Waals surface area contributed by atoms with E-state index in [1.807, 2.05) is 0 Å². The van der Waals surface area contributed by atoms with Crippen molar-refractivity contribution >= 4 is 23.2 Å². The number of amides is 1. The number of rotatable bonds is 3. The van der Waals surface area contributed by atoms with E-state index in [0.29, 0.717) is 16.3 Å². The normalized spacial score (nSPS) is 11.2. The quantitative estimate of drug-likeness (QED) is 0.693. The first-order valence-corrected chi connectivity index (χ1v) is 7.78. The van der Waals surface area contributed by atoms with Crippen molar-refractivity contribution in [1.82, 2.24) is 9.97 Å². The molecule has 4 nitrogen and oxygen atoms in total. The van der Waals surface area contributed by atoms with E-state index >= 15 is 0 Å². The number of hydrogen-bond acceptors (Lipinski definition) is 3. The van der Waals surface area contributed by atoms with Crippen LogP contribution in [0.25, 0.3) is 11.3 Å². The number of halogens is 4. The van der Waals surface area contributed by atoms with E-state index in [0.717, 1.165) is 12.1 Å². The van der Waals surface area contributed by atoms with Crippen LogP contribution in [0.5, 0.6) is 0 Å². The van der Waals surface area contributed by atoms with Crippen molar-refractivity contribution in [3.05, 3.63) is 77.2 Å². The van der Waals surface area contributed by atoms with Gasteiger partial charge in [-0.3, -0.25) is 14.8 Å². The predicted octanol–water partition coefficient (Wildman–Crippen LogP) is 5.07. The average Bonchev–Trinajstić information content (AvgIpc) is 2.62. The van der Waals surface area contributed by atoms with Gasteiger partial charge in [0.25, 0.3) is 5.91 Å². The van der Waals surface area contributed by atoms with Crippen LogP contribution in [-0.2, 0) is 6.18 Å². The topological polar surface area (TPSA) is 54.9 Å². The number of pyridine rings is 2. The Balaban J connectivity index is 1.73. The van der Waals surface area contributed by atoms with Crippen molar-refractivity contribution in [2.45, 2.75) is 6.18 Å². The molecular formula is C18H11ClF3N3O. The van der Waals surface area contributed by atoms with Gasteiger partial charge in [0.1, 0.15) is 5.69 Å². The molecular weight excluding hydrogens is 367 g/mol. The van der Waals surface area contributed by atoms with Gasteiger partial charge in [-0.1, -0.05) is 11.6 Å². The first-order valence-electron chi connectivity index (χ1n) is 7.40. The van der Waals surface area contributed by atoms with Gasteiger partial charge in [0.15, 0.2) is 0 Å². The van der Waals surface area contributed by atoms with Crippen LogP contribution >= 0.6 is 11.6 Å². The second-order valence-electron chi connectivity index (χ2n) is 5.30. The molecule has 0 fully saturated rings. The third-order valence-electron chi connectivity index (χ3n) is 3.50. The lowest BCUT2D eigenvalue weighted by molar-refractivity contribution is -0.137. The summed E-state index contributed by atoms with van der Waals surface area (Å²) in [6, 6.07) is 10.7. The van der Waals surface area contributed by atoms with Crippen molar-refractivity contribution < 1.29 is 18.0 Å². The summed E-state index contributed by atoms with van der Waals surface area (Å²) in [6.45, 7) is 0. The molecule has 0 saturated carbocycles. The minimum absolute atomic E-state index is 0.112. The van der Waals surface area contributed by atoms with E-state index in [9.17, 15) is 18.0 Å². The third kappa shape index (κ3) is 4.00. The summed E-state index contributed by atoms with van der Waals surface area (Å²) in [5.41, 5.74) is 0.741. The molecule has 3 aromatic rings. The van der Waals surface area contributed by atoms with E-state index in [1.165, 1.54) is 24.4 Å². The minimum atomic E-state index is -4.42. The summed E-state index contributed by atoms with van der Waals surface area (Å²) in [5, 5.41) is 2.95. The van der Waals surface area contributed by atoms with Crippen molar-refractivity contribution in [2.75, 3.05) is 5.32 Å². The van der Waals surface area contributed by atoms with Crippen LogP contribution in [0.2, 0.25) is 5.02 Å². The number of benzene rings is 1. The second kappa shape index (κ2) is 7.13. The predicted molar refractivity (Wildman–Crippen MR) is 91.9 cm³/mol. The number of nitrogens with zero attached hydrogens (tertiary/aromatic N) is 2. The molecule has 0 saturated heterocycles. The zero-order chi connectivity index (χ0) is 18.7. The first-order chi connectivity index (χ1) is 12.3. The van der Waals surface area contributed by atoms with E-state index < -0.39 is 17.6 Å². The molecule has 1 aromatic carbocycles. The summed E-state index contributed by atoms with van der Waals surface area (Å²) in [5.74, 6) is -0.538. The van der Waals surface area contributed by atoms with Crippen LogP contribution in [0, 0.1) is 0 Å². The Bertz CT molecular complexity index is 926. The summed E-state index contributed by atoms with van der Waals surface area (Å²) in [6.07, 6.45) is -1.38. The molecule has 2 heterocycles. The summed E-state index contributed by atoms with van der Waals surface area (Å²) in [7, 11) is 0. The van der Waals surface area contributed by atoms with Crippen molar-refractivity contribution in [1.29, 1.82) is 0 Å². The highest BCUT2D eigenvalue weighted by atomic mass is 35.5. The van der Waals surface area contributed by atoms with Crippen LogP contribution in [0.4, 0.5) is 18.9 Å². The molecule has 0 aliphatic heterocycles. The monoisotopic (exact) mass is 377 g/mol. The Hall–Kier alpha value is -2.93. The Morgan fingerprint density at radius 2 is 1.73 bits per heavy atom.